The molecule has 3 nitrogen and oxygen atoms in total. The van der Waals surface area contributed by atoms with E-state index in [0.717, 1.165) is 19.0 Å². The molecule has 0 aromatic carbocycles. The zero-order valence-corrected chi connectivity index (χ0v) is 12.4. The van der Waals surface area contributed by atoms with Crippen LogP contribution in [-0.2, 0) is 0 Å². The fourth-order valence-electron chi connectivity index (χ4n) is 2.69. The number of nitrogens with two attached hydrogens (primary N) is 1. The van der Waals surface area contributed by atoms with Crippen molar-refractivity contribution in [2.75, 3.05) is 18.0 Å². The van der Waals surface area contributed by atoms with E-state index < -0.39 is 0 Å². The first kappa shape index (κ1) is 13.8. The van der Waals surface area contributed by atoms with Crippen LogP contribution < -0.4 is 10.6 Å². The minimum Gasteiger partial charge on any atom is -0.348 e. The van der Waals surface area contributed by atoms with Crippen LogP contribution in [0.2, 0.25) is 0 Å². The lowest BCUT2D eigenvalue weighted by atomic mass is 9.96. The minimum atomic E-state index is 0.107. The van der Waals surface area contributed by atoms with Gasteiger partial charge in [-0.05, 0) is 32.1 Å². The molecule has 1 aromatic rings. The highest BCUT2D eigenvalue weighted by Crippen LogP contribution is 2.29. The van der Waals surface area contributed by atoms with Crippen molar-refractivity contribution in [3.63, 3.8) is 0 Å². The molecule has 2 heterocycles. The van der Waals surface area contributed by atoms with Gasteiger partial charge in [-0.25, -0.2) is 4.98 Å². The van der Waals surface area contributed by atoms with Crippen molar-refractivity contribution in [1.29, 1.82) is 0 Å². The van der Waals surface area contributed by atoms with Crippen molar-refractivity contribution in [3.05, 3.63) is 11.1 Å². The molecular weight excluding hydrogens is 242 g/mol. The maximum absolute atomic E-state index is 5.90. The summed E-state index contributed by atoms with van der Waals surface area (Å²) < 4.78 is 0. The van der Waals surface area contributed by atoms with E-state index >= 15 is 0 Å². The molecule has 102 valence electrons. The summed E-state index contributed by atoms with van der Waals surface area (Å²) in [6.45, 7) is 6.64. The van der Waals surface area contributed by atoms with Gasteiger partial charge < -0.3 is 10.6 Å². The van der Waals surface area contributed by atoms with Crippen LogP contribution in [0.4, 0.5) is 5.13 Å². The number of hydrogen-bond acceptors (Lipinski definition) is 4. The highest BCUT2D eigenvalue weighted by molar-refractivity contribution is 7.15. The number of thiazole rings is 1. The number of aromatic nitrogens is 1. The first-order valence-electron chi connectivity index (χ1n) is 7.17. The minimum absolute atomic E-state index is 0.107. The first-order chi connectivity index (χ1) is 8.70. The monoisotopic (exact) mass is 267 g/mol. The Labute approximate surface area is 114 Å². The molecule has 2 atom stereocenters. The average molecular weight is 267 g/mol. The molecule has 0 radical (unpaired) electrons. The molecule has 0 spiro atoms. The Kier molecular flexibility index (Phi) is 5.01. The second kappa shape index (κ2) is 6.53. The van der Waals surface area contributed by atoms with Crippen molar-refractivity contribution in [3.8, 4) is 0 Å². The average Bonchev–Trinajstić information content (AvgIpc) is 2.72. The molecule has 2 unspecified atom stereocenters. The molecule has 0 aliphatic carbocycles. The van der Waals surface area contributed by atoms with Crippen molar-refractivity contribution in [2.24, 2.45) is 11.7 Å². The van der Waals surface area contributed by atoms with Crippen LogP contribution in [0, 0.1) is 5.92 Å². The molecule has 1 saturated heterocycles. The smallest absolute Gasteiger partial charge is 0.185 e. The van der Waals surface area contributed by atoms with Gasteiger partial charge in [0.05, 0.1) is 0 Å². The second-order valence-corrected chi connectivity index (χ2v) is 6.45. The molecule has 0 bridgehead atoms. The molecule has 2 N–H and O–H groups in total. The Hall–Kier alpha value is -0.610. The van der Waals surface area contributed by atoms with Gasteiger partial charge in [-0.15, -0.1) is 11.3 Å². The van der Waals surface area contributed by atoms with Gasteiger partial charge in [-0.3, -0.25) is 0 Å². The van der Waals surface area contributed by atoms with Crippen molar-refractivity contribution >= 4 is 16.5 Å². The Morgan fingerprint density at radius 1 is 1.50 bits per heavy atom. The lowest BCUT2D eigenvalue weighted by molar-refractivity contribution is 0.435. The van der Waals surface area contributed by atoms with Crippen molar-refractivity contribution < 1.29 is 0 Å². The summed E-state index contributed by atoms with van der Waals surface area (Å²) in [6.07, 6.45) is 8.65. The van der Waals surface area contributed by atoms with Crippen LogP contribution in [0.5, 0.6) is 0 Å². The van der Waals surface area contributed by atoms with Gasteiger partial charge in [0, 0.05) is 30.2 Å². The maximum atomic E-state index is 5.90. The molecule has 0 saturated carbocycles. The van der Waals surface area contributed by atoms with Crippen LogP contribution in [0.1, 0.15) is 56.9 Å². The molecule has 2 rings (SSSR count). The van der Waals surface area contributed by atoms with E-state index in [-0.39, 0.29) is 6.04 Å². The molecule has 4 heteroatoms. The van der Waals surface area contributed by atoms with Crippen molar-refractivity contribution in [1.82, 2.24) is 4.98 Å². The van der Waals surface area contributed by atoms with Crippen LogP contribution in [0.25, 0.3) is 0 Å². The Morgan fingerprint density at radius 2 is 2.33 bits per heavy atom. The summed E-state index contributed by atoms with van der Waals surface area (Å²) in [5.74, 6) is 0.924. The SMILES string of the molecule is CCCC1CCCN(c2ncc(C(C)N)s2)CC1. The van der Waals surface area contributed by atoms with E-state index in [1.54, 1.807) is 11.3 Å². The predicted octanol–water partition coefficient (Wildman–Crippen LogP) is 3.57. The topological polar surface area (TPSA) is 42.2 Å². The number of anilines is 1. The highest BCUT2D eigenvalue weighted by atomic mass is 32.1. The van der Waals surface area contributed by atoms with E-state index in [2.05, 4.69) is 16.8 Å². The standard InChI is InChI=1S/C14H25N3S/c1-3-5-12-6-4-8-17(9-7-12)14-16-10-13(18-14)11(2)15/h10-12H,3-9,15H2,1-2H3. The van der Waals surface area contributed by atoms with Gasteiger partial charge in [0.15, 0.2) is 5.13 Å². The van der Waals surface area contributed by atoms with E-state index in [0.29, 0.717) is 0 Å². The molecule has 1 aromatic heterocycles. The summed E-state index contributed by atoms with van der Waals surface area (Å²) >= 11 is 1.76. The van der Waals surface area contributed by atoms with Gasteiger partial charge in [0.1, 0.15) is 0 Å². The fourth-order valence-corrected chi connectivity index (χ4v) is 3.61. The predicted molar refractivity (Wildman–Crippen MR) is 79.2 cm³/mol. The Balaban J connectivity index is 1.96. The maximum Gasteiger partial charge on any atom is 0.185 e. The summed E-state index contributed by atoms with van der Waals surface area (Å²) in [6, 6.07) is 0.107. The highest BCUT2D eigenvalue weighted by Gasteiger charge is 2.19. The van der Waals surface area contributed by atoms with E-state index in [9.17, 15) is 0 Å². The quantitative estimate of drug-likeness (QED) is 0.907. The van der Waals surface area contributed by atoms with Gasteiger partial charge in [0.25, 0.3) is 0 Å². The van der Waals surface area contributed by atoms with Gasteiger partial charge >= 0.3 is 0 Å². The molecule has 1 aliphatic heterocycles. The van der Waals surface area contributed by atoms with E-state index in [4.69, 9.17) is 5.73 Å². The van der Waals surface area contributed by atoms with Crippen LogP contribution in [0.3, 0.4) is 0 Å². The molecular formula is C14H25N3S. The Bertz CT molecular complexity index is 362. The number of rotatable bonds is 4. The molecule has 0 amide bonds. The third-order valence-electron chi connectivity index (χ3n) is 3.78. The summed E-state index contributed by atoms with van der Waals surface area (Å²) in [5, 5.41) is 1.17. The summed E-state index contributed by atoms with van der Waals surface area (Å²) in [5.41, 5.74) is 5.90. The van der Waals surface area contributed by atoms with Crippen LogP contribution in [-0.4, -0.2) is 18.1 Å². The van der Waals surface area contributed by atoms with Gasteiger partial charge in [-0.2, -0.15) is 0 Å². The van der Waals surface area contributed by atoms with E-state index in [1.165, 1.54) is 42.1 Å². The lowest BCUT2D eigenvalue weighted by Crippen LogP contribution is -2.23. The van der Waals surface area contributed by atoms with Gasteiger partial charge in [-0.1, -0.05) is 19.8 Å². The zero-order chi connectivity index (χ0) is 13.0. The first-order valence-corrected chi connectivity index (χ1v) is 7.98. The third kappa shape index (κ3) is 3.45. The lowest BCUT2D eigenvalue weighted by Gasteiger charge is -2.19. The largest absolute Gasteiger partial charge is 0.348 e. The normalized spacial score (nSPS) is 22.8. The van der Waals surface area contributed by atoms with Crippen LogP contribution >= 0.6 is 11.3 Å². The third-order valence-corrected chi connectivity index (χ3v) is 5.03. The molecule has 1 aliphatic rings. The number of hydrogen-bond donors (Lipinski definition) is 1. The summed E-state index contributed by atoms with van der Waals surface area (Å²) in [7, 11) is 0. The fraction of sp³-hybridized carbons (Fsp3) is 0.786. The van der Waals surface area contributed by atoms with Gasteiger partial charge in [0.2, 0.25) is 0 Å². The zero-order valence-electron chi connectivity index (χ0n) is 11.6. The summed E-state index contributed by atoms with van der Waals surface area (Å²) in [4.78, 5) is 8.18. The molecule has 18 heavy (non-hydrogen) atoms. The molecule has 1 fully saturated rings. The van der Waals surface area contributed by atoms with Crippen LogP contribution in [0.15, 0.2) is 6.20 Å². The van der Waals surface area contributed by atoms with E-state index in [1.807, 2.05) is 13.1 Å². The Morgan fingerprint density at radius 3 is 3.00 bits per heavy atom. The second-order valence-electron chi connectivity index (χ2n) is 5.41. The number of nitrogens with zero attached hydrogens (tertiary/aromatic N) is 2. The van der Waals surface area contributed by atoms with Crippen molar-refractivity contribution in [2.45, 2.75) is 52.0 Å².